The molecule has 0 bridgehead atoms. The zero-order valence-corrected chi connectivity index (χ0v) is 13.5. The molecule has 1 N–H and O–H groups in total. The van der Waals surface area contributed by atoms with Gasteiger partial charge in [0.2, 0.25) is 11.8 Å². The van der Waals surface area contributed by atoms with Gasteiger partial charge in [0.05, 0.1) is 12.7 Å². The van der Waals surface area contributed by atoms with Gasteiger partial charge in [-0.1, -0.05) is 41.9 Å². The van der Waals surface area contributed by atoms with E-state index in [4.69, 9.17) is 16.3 Å². The first-order valence-corrected chi connectivity index (χ1v) is 7.43. The van der Waals surface area contributed by atoms with Crippen LogP contribution in [-0.2, 0) is 0 Å². The van der Waals surface area contributed by atoms with Crippen LogP contribution in [0, 0.1) is 0 Å². The Kier molecular flexibility index (Phi) is 4.67. The Morgan fingerprint density at radius 1 is 1.04 bits per heavy atom. The molecule has 1 amide bonds. The molecule has 0 radical (unpaired) electrons. The van der Waals surface area contributed by atoms with Crippen molar-refractivity contribution in [1.82, 2.24) is 15.0 Å². The molecule has 0 aliphatic rings. The van der Waals surface area contributed by atoms with Crippen LogP contribution >= 0.6 is 11.6 Å². The average molecular weight is 341 g/mol. The monoisotopic (exact) mass is 340 g/mol. The van der Waals surface area contributed by atoms with E-state index in [0.29, 0.717) is 0 Å². The van der Waals surface area contributed by atoms with Gasteiger partial charge in [-0.3, -0.25) is 10.1 Å². The summed E-state index contributed by atoms with van der Waals surface area (Å²) in [5.41, 5.74) is 2.15. The minimum atomic E-state index is -0.403. The summed E-state index contributed by atoms with van der Waals surface area (Å²) in [5, 5.41) is 2.86. The smallest absolute Gasteiger partial charge is 0.259 e. The first-order valence-electron chi connectivity index (χ1n) is 7.05. The molecule has 0 saturated heterocycles. The number of halogens is 1. The number of rotatable bonds is 4. The molecule has 3 rings (SSSR count). The van der Waals surface area contributed by atoms with Crippen molar-refractivity contribution in [3.8, 4) is 17.0 Å². The molecule has 0 aliphatic carbocycles. The van der Waals surface area contributed by atoms with E-state index in [-0.39, 0.29) is 22.4 Å². The Labute approximate surface area is 143 Å². The molecule has 7 heteroatoms. The number of hydrogen-bond acceptors (Lipinski definition) is 5. The van der Waals surface area contributed by atoms with E-state index in [9.17, 15) is 4.79 Å². The molecule has 6 nitrogen and oxygen atoms in total. The van der Waals surface area contributed by atoms with E-state index >= 15 is 0 Å². The van der Waals surface area contributed by atoms with Crippen molar-refractivity contribution >= 4 is 23.5 Å². The highest BCUT2D eigenvalue weighted by molar-refractivity contribution is 6.32. The first kappa shape index (κ1) is 15.9. The minimum Gasteiger partial charge on any atom is -0.480 e. The number of methoxy groups -OCH3 is 1. The maximum atomic E-state index is 12.2. The van der Waals surface area contributed by atoms with Gasteiger partial charge in [0, 0.05) is 24.2 Å². The Morgan fingerprint density at radius 2 is 1.75 bits per heavy atom. The van der Waals surface area contributed by atoms with Crippen LogP contribution in [0.3, 0.4) is 0 Å². The zero-order chi connectivity index (χ0) is 16.9. The van der Waals surface area contributed by atoms with Gasteiger partial charge in [-0.15, -0.1) is 0 Å². The third-order valence-corrected chi connectivity index (χ3v) is 3.52. The molecule has 120 valence electrons. The highest BCUT2D eigenvalue weighted by Gasteiger charge is 2.12. The largest absolute Gasteiger partial charge is 0.480 e. The highest BCUT2D eigenvalue weighted by atomic mass is 35.5. The molecule has 3 aromatic rings. The van der Waals surface area contributed by atoms with Crippen molar-refractivity contribution in [3.05, 3.63) is 65.6 Å². The summed E-state index contributed by atoms with van der Waals surface area (Å²) < 4.78 is 4.95. The Hall–Kier alpha value is -2.99. The number of nitrogens with one attached hydrogen (secondary N) is 1. The third-order valence-electron chi connectivity index (χ3n) is 3.25. The van der Waals surface area contributed by atoms with Gasteiger partial charge in [0.15, 0.2) is 0 Å². The van der Waals surface area contributed by atoms with Gasteiger partial charge in [-0.05, 0) is 11.6 Å². The van der Waals surface area contributed by atoms with Crippen molar-refractivity contribution in [1.29, 1.82) is 0 Å². The second-order valence-electron chi connectivity index (χ2n) is 4.83. The topological polar surface area (TPSA) is 77.0 Å². The number of anilines is 1. The third kappa shape index (κ3) is 3.49. The fraction of sp³-hybridized carbons (Fsp3) is 0.0588. The van der Waals surface area contributed by atoms with E-state index in [0.717, 1.165) is 11.1 Å². The number of pyridine rings is 1. The lowest BCUT2D eigenvalue weighted by molar-refractivity contribution is 0.102. The van der Waals surface area contributed by atoms with Crippen LogP contribution in [0.15, 0.2) is 55.0 Å². The number of ether oxygens (including phenoxy) is 1. The predicted octanol–water partition coefficient (Wildman–Crippen LogP) is 3.45. The quantitative estimate of drug-likeness (QED) is 0.787. The SMILES string of the molecule is COc1ncc(C(=O)Nc2ncc(-c3ccccc3)cn2)cc1Cl. The molecule has 0 aliphatic heterocycles. The van der Waals surface area contributed by atoms with Crippen molar-refractivity contribution in [2.45, 2.75) is 0 Å². The maximum Gasteiger partial charge on any atom is 0.259 e. The van der Waals surface area contributed by atoms with Crippen LogP contribution in [-0.4, -0.2) is 28.0 Å². The lowest BCUT2D eigenvalue weighted by atomic mass is 10.1. The van der Waals surface area contributed by atoms with Gasteiger partial charge >= 0.3 is 0 Å². The van der Waals surface area contributed by atoms with Crippen LogP contribution in [0.2, 0.25) is 5.02 Å². The van der Waals surface area contributed by atoms with Crippen LogP contribution in [0.1, 0.15) is 10.4 Å². The second-order valence-corrected chi connectivity index (χ2v) is 5.24. The molecule has 1 aromatic carbocycles. The summed E-state index contributed by atoms with van der Waals surface area (Å²) in [7, 11) is 1.45. The summed E-state index contributed by atoms with van der Waals surface area (Å²) in [6.07, 6.45) is 4.67. The van der Waals surface area contributed by atoms with E-state index < -0.39 is 5.91 Å². The molecule has 0 saturated carbocycles. The number of carbonyl (C=O) groups is 1. The zero-order valence-electron chi connectivity index (χ0n) is 12.7. The average Bonchev–Trinajstić information content (AvgIpc) is 2.63. The minimum absolute atomic E-state index is 0.201. The van der Waals surface area contributed by atoms with Crippen molar-refractivity contribution in [2.75, 3.05) is 12.4 Å². The Morgan fingerprint density at radius 3 is 2.38 bits per heavy atom. The summed E-state index contributed by atoms with van der Waals surface area (Å²) in [5.74, 6) is 0.0582. The predicted molar refractivity (Wildman–Crippen MR) is 91.2 cm³/mol. The summed E-state index contributed by atoms with van der Waals surface area (Å²) in [6.45, 7) is 0. The van der Waals surface area contributed by atoms with Crippen LogP contribution in [0.5, 0.6) is 5.88 Å². The standard InChI is InChI=1S/C17H13ClN4O2/c1-24-16-14(18)7-12(8-19-16)15(23)22-17-20-9-13(10-21-17)11-5-3-2-4-6-11/h2-10H,1H3,(H,20,21,22,23). The second kappa shape index (κ2) is 7.06. The lowest BCUT2D eigenvalue weighted by Gasteiger charge is -2.06. The van der Waals surface area contributed by atoms with E-state index in [1.807, 2.05) is 30.3 Å². The van der Waals surface area contributed by atoms with Crippen LogP contribution in [0.4, 0.5) is 5.95 Å². The van der Waals surface area contributed by atoms with Gasteiger partial charge in [0.25, 0.3) is 5.91 Å². The first-order chi connectivity index (χ1) is 11.7. The van der Waals surface area contributed by atoms with Gasteiger partial charge < -0.3 is 4.74 Å². The fourth-order valence-electron chi connectivity index (χ4n) is 2.05. The number of benzene rings is 1. The molecular formula is C17H13ClN4O2. The number of hydrogen-bond donors (Lipinski definition) is 1. The maximum absolute atomic E-state index is 12.2. The normalized spacial score (nSPS) is 10.2. The Balaban J connectivity index is 1.74. The van der Waals surface area contributed by atoms with Crippen molar-refractivity contribution < 1.29 is 9.53 Å². The lowest BCUT2D eigenvalue weighted by Crippen LogP contribution is -2.14. The molecule has 24 heavy (non-hydrogen) atoms. The highest BCUT2D eigenvalue weighted by Crippen LogP contribution is 2.22. The Bertz CT molecular complexity index is 854. The van der Waals surface area contributed by atoms with Crippen LogP contribution < -0.4 is 10.1 Å². The number of nitrogens with zero attached hydrogens (tertiary/aromatic N) is 3. The number of aromatic nitrogens is 3. The van der Waals surface area contributed by atoms with E-state index in [1.165, 1.54) is 19.4 Å². The van der Waals surface area contributed by atoms with Crippen molar-refractivity contribution in [2.24, 2.45) is 0 Å². The molecule has 2 aromatic heterocycles. The molecule has 0 fully saturated rings. The molecule has 0 spiro atoms. The molecule has 0 atom stereocenters. The van der Waals surface area contributed by atoms with Gasteiger partial charge in [0.1, 0.15) is 5.02 Å². The molecular weight excluding hydrogens is 328 g/mol. The van der Waals surface area contributed by atoms with E-state index in [1.54, 1.807) is 12.4 Å². The van der Waals surface area contributed by atoms with Gasteiger partial charge in [-0.2, -0.15) is 0 Å². The summed E-state index contributed by atoms with van der Waals surface area (Å²) in [4.78, 5) is 24.5. The van der Waals surface area contributed by atoms with E-state index in [2.05, 4.69) is 20.3 Å². The number of carbonyl (C=O) groups excluding carboxylic acids is 1. The number of amides is 1. The molecule has 2 heterocycles. The summed E-state index contributed by atoms with van der Waals surface area (Å²) >= 11 is 5.97. The summed E-state index contributed by atoms with van der Waals surface area (Å²) in [6, 6.07) is 11.2. The fourth-order valence-corrected chi connectivity index (χ4v) is 2.29. The molecule has 0 unspecified atom stereocenters. The van der Waals surface area contributed by atoms with Crippen molar-refractivity contribution in [3.63, 3.8) is 0 Å². The van der Waals surface area contributed by atoms with Crippen LogP contribution in [0.25, 0.3) is 11.1 Å². The van der Waals surface area contributed by atoms with Gasteiger partial charge in [-0.25, -0.2) is 15.0 Å².